The highest BCUT2D eigenvalue weighted by molar-refractivity contribution is 5.17. The van der Waals surface area contributed by atoms with E-state index in [0.717, 1.165) is 22.3 Å². The third kappa shape index (κ3) is 8.33. The quantitative estimate of drug-likeness (QED) is 0.258. The SMILES string of the molecule is O[C@H]1[C@@H](OCc2ccccc2)[C@H](OCc2ccccc2)[C@@H](COCc2ccccc2)N(Cc2ccccc2)C[C@H]1O. The fourth-order valence-corrected chi connectivity index (χ4v) is 5.33. The van der Waals surface area contributed by atoms with Gasteiger partial charge in [0.05, 0.1) is 38.6 Å². The lowest BCUT2D eigenvalue weighted by atomic mass is 9.99. The second kappa shape index (κ2) is 15.0. The predicted octanol–water partition coefficient (Wildman–Crippen LogP) is 4.98. The Bertz CT molecular complexity index is 1280. The summed E-state index contributed by atoms with van der Waals surface area (Å²) >= 11 is 0. The first kappa shape index (κ1) is 29.1. The molecule has 5 atom stereocenters. The van der Waals surface area contributed by atoms with Gasteiger partial charge in [-0.15, -0.1) is 0 Å². The van der Waals surface area contributed by atoms with Crippen LogP contribution in [0.2, 0.25) is 0 Å². The highest BCUT2D eigenvalue weighted by Gasteiger charge is 2.45. The van der Waals surface area contributed by atoms with Crippen LogP contribution < -0.4 is 0 Å². The number of likely N-dealkylation sites (tertiary alicyclic amines) is 1. The second-order valence-corrected chi connectivity index (χ2v) is 10.6. The van der Waals surface area contributed by atoms with Gasteiger partial charge >= 0.3 is 0 Å². The van der Waals surface area contributed by atoms with Gasteiger partial charge < -0.3 is 24.4 Å². The minimum atomic E-state index is -1.14. The molecule has 1 saturated heterocycles. The zero-order valence-corrected chi connectivity index (χ0v) is 23.2. The molecule has 0 spiro atoms. The molecule has 0 amide bonds. The molecular formula is C35H39NO5. The van der Waals surface area contributed by atoms with Crippen molar-refractivity contribution in [2.75, 3.05) is 13.2 Å². The Morgan fingerprint density at radius 1 is 0.561 bits per heavy atom. The molecule has 0 saturated carbocycles. The smallest absolute Gasteiger partial charge is 0.114 e. The normalized spacial score (nSPS) is 23.2. The summed E-state index contributed by atoms with van der Waals surface area (Å²) in [6, 6.07) is 39.7. The molecule has 6 nitrogen and oxygen atoms in total. The Morgan fingerprint density at radius 3 is 1.51 bits per heavy atom. The van der Waals surface area contributed by atoms with Crippen LogP contribution in [0.1, 0.15) is 22.3 Å². The summed E-state index contributed by atoms with van der Waals surface area (Å²) in [5.41, 5.74) is 4.19. The number of nitrogens with zero attached hydrogens (tertiary/aromatic N) is 1. The summed E-state index contributed by atoms with van der Waals surface area (Å²) < 4.78 is 19.3. The van der Waals surface area contributed by atoms with Crippen molar-refractivity contribution in [3.63, 3.8) is 0 Å². The molecule has 6 heteroatoms. The maximum Gasteiger partial charge on any atom is 0.114 e. The maximum atomic E-state index is 11.4. The average Bonchev–Trinajstić information content (AvgIpc) is 3.11. The number of aliphatic hydroxyl groups is 2. The zero-order valence-electron chi connectivity index (χ0n) is 23.2. The molecule has 0 aromatic heterocycles. The first-order valence-electron chi connectivity index (χ1n) is 14.2. The van der Waals surface area contributed by atoms with E-state index in [1.54, 1.807) is 0 Å². The zero-order chi connectivity index (χ0) is 28.3. The van der Waals surface area contributed by atoms with Crippen LogP contribution in [0, 0.1) is 0 Å². The molecule has 0 bridgehead atoms. The fraction of sp³-hybridized carbons (Fsp3) is 0.314. The number of aliphatic hydroxyl groups excluding tert-OH is 2. The summed E-state index contributed by atoms with van der Waals surface area (Å²) in [6.07, 6.45) is -3.52. The maximum absolute atomic E-state index is 11.4. The van der Waals surface area contributed by atoms with Crippen LogP contribution in [0.5, 0.6) is 0 Å². The summed E-state index contributed by atoms with van der Waals surface area (Å²) in [7, 11) is 0. The van der Waals surface area contributed by atoms with Crippen LogP contribution in [0.4, 0.5) is 0 Å². The van der Waals surface area contributed by atoms with Crippen molar-refractivity contribution in [1.82, 2.24) is 4.90 Å². The molecular weight excluding hydrogens is 514 g/mol. The third-order valence-electron chi connectivity index (χ3n) is 7.52. The van der Waals surface area contributed by atoms with Crippen molar-refractivity contribution in [1.29, 1.82) is 0 Å². The van der Waals surface area contributed by atoms with Gasteiger partial charge in [-0.05, 0) is 22.3 Å². The Labute approximate surface area is 242 Å². The van der Waals surface area contributed by atoms with Crippen molar-refractivity contribution in [3.05, 3.63) is 144 Å². The number of ether oxygens (including phenoxy) is 3. The van der Waals surface area contributed by atoms with E-state index in [1.807, 2.05) is 109 Å². The van der Waals surface area contributed by atoms with Gasteiger partial charge in [-0.1, -0.05) is 121 Å². The lowest BCUT2D eigenvalue weighted by molar-refractivity contribution is -0.161. The summed E-state index contributed by atoms with van der Waals surface area (Å²) in [5.74, 6) is 0. The highest BCUT2D eigenvalue weighted by atomic mass is 16.6. The van der Waals surface area contributed by atoms with Gasteiger partial charge in [0.25, 0.3) is 0 Å². The van der Waals surface area contributed by atoms with Gasteiger partial charge in [-0.25, -0.2) is 0 Å². The Morgan fingerprint density at radius 2 is 1.00 bits per heavy atom. The van der Waals surface area contributed by atoms with Gasteiger partial charge in [0.15, 0.2) is 0 Å². The van der Waals surface area contributed by atoms with E-state index >= 15 is 0 Å². The van der Waals surface area contributed by atoms with Crippen LogP contribution in [0.15, 0.2) is 121 Å². The van der Waals surface area contributed by atoms with Crippen LogP contribution in [0.25, 0.3) is 0 Å². The molecule has 0 unspecified atom stereocenters. The molecule has 41 heavy (non-hydrogen) atoms. The van der Waals surface area contributed by atoms with Gasteiger partial charge in [0.1, 0.15) is 18.3 Å². The fourth-order valence-electron chi connectivity index (χ4n) is 5.33. The standard InChI is InChI=1S/C35H39NO5/c37-32-22-36(21-27-13-5-1-6-14-27)31(26-39-23-28-15-7-2-8-16-28)34(40-24-29-17-9-3-10-18-29)35(33(32)38)41-25-30-19-11-4-12-20-30/h1-20,31-35,37-38H,21-26H2/t31-,32-,33-,34-,35-/m1/s1. The van der Waals surface area contributed by atoms with E-state index in [2.05, 4.69) is 17.0 Å². The number of hydrogen-bond donors (Lipinski definition) is 2. The van der Waals surface area contributed by atoms with E-state index in [1.165, 1.54) is 0 Å². The summed E-state index contributed by atoms with van der Waals surface area (Å²) in [4.78, 5) is 2.16. The van der Waals surface area contributed by atoms with E-state index < -0.39 is 24.4 Å². The Hall–Kier alpha value is -3.36. The summed E-state index contributed by atoms with van der Waals surface area (Å²) in [5, 5.41) is 22.7. The molecule has 5 rings (SSSR count). The monoisotopic (exact) mass is 553 g/mol. The molecule has 0 radical (unpaired) electrons. The van der Waals surface area contributed by atoms with E-state index in [4.69, 9.17) is 14.2 Å². The largest absolute Gasteiger partial charge is 0.389 e. The van der Waals surface area contributed by atoms with Crippen LogP contribution in [-0.4, -0.2) is 58.7 Å². The lowest BCUT2D eigenvalue weighted by Crippen LogP contribution is -2.53. The number of benzene rings is 4. The van der Waals surface area contributed by atoms with E-state index in [9.17, 15) is 10.2 Å². The van der Waals surface area contributed by atoms with Crippen molar-refractivity contribution in [2.45, 2.75) is 56.8 Å². The molecule has 1 heterocycles. The van der Waals surface area contributed by atoms with Crippen molar-refractivity contribution >= 4 is 0 Å². The molecule has 4 aromatic rings. The number of hydrogen-bond acceptors (Lipinski definition) is 6. The molecule has 214 valence electrons. The van der Waals surface area contributed by atoms with Crippen LogP contribution in [0.3, 0.4) is 0 Å². The Kier molecular flexibility index (Phi) is 10.7. The lowest BCUT2D eigenvalue weighted by Gasteiger charge is -2.37. The first-order chi connectivity index (χ1) is 20.2. The van der Waals surface area contributed by atoms with E-state index in [0.29, 0.717) is 26.4 Å². The molecule has 2 N–H and O–H groups in total. The van der Waals surface area contributed by atoms with Gasteiger partial charge in [0, 0.05) is 13.1 Å². The van der Waals surface area contributed by atoms with Gasteiger partial charge in [-0.2, -0.15) is 0 Å². The number of β-amino-alcohol motifs (C(OH)–C–C–N with tert-alkyl or cyclic N) is 1. The Balaban J connectivity index is 1.44. The molecule has 4 aromatic carbocycles. The van der Waals surface area contributed by atoms with Crippen molar-refractivity contribution < 1.29 is 24.4 Å². The third-order valence-corrected chi connectivity index (χ3v) is 7.52. The first-order valence-corrected chi connectivity index (χ1v) is 14.2. The second-order valence-electron chi connectivity index (χ2n) is 10.6. The van der Waals surface area contributed by atoms with Gasteiger partial charge in [0.2, 0.25) is 0 Å². The van der Waals surface area contributed by atoms with Crippen LogP contribution >= 0.6 is 0 Å². The molecule has 0 aliphatic carbocycles. The molecule has 1 aliphatic rings. The molecule has 1 aliphatic heterocycles. The summed E-state index contributed by atoms with van der Waals surface area (Å²) in [6.45, 7) is 2.24. The van der Waals surface area contributed by atoms with Crippen molar-refractivity contribution in [2.24, 2.45) is 0 Å². The number of rotatable bonds is 12. The minimum absolute atomic E-state index is 0.256. The average molecular weight is 554 g/mol. The topological polar surface area (TPSA) is 71.4 Å². The predicted molar refractivity (Wildman–Crippen MR) is 159 cm³/mol. The highest BCUT2D eigenvalue weighted by Crippen LogP contribution is 2.28. The minimum Gasteiger partial charge on any atom is -0.389 e. The van der Waals surface area contributed by atoms with Crippen molar-refractivity contribution in [3.8, 4) is 0 Å². The molecule has 1 fully saturated rings. The van der Waals surface area contributed by atoms with Crippen LogP contribution in [-0.2, 0) is 40.6 Å². The van der Waals surface area contributed by atoms with E-state index in [-0.39, 0.29) is 19.2 Å². The van der Waals surface area contributed by atoms with Gasteiger partial charge in [-0.3, -0.25) is 4.90 Å².